The van der Waals surface area contributed by atoms with Crippen molar-refractivity contribution in [1.29, 1.82) is 0 Å². The molecular formula is C16H16N4O3. The third kappa shape index (κ3) is 2.43. The smallest absolute Gasteiger partial charge is 0.261 e. The lowest BCUT2D eigenvalue weighted by Crippen LogP contribution is -2.30. The van der Waals surface area contributed by atoms with Gasteiger partial charge in [0.2, 0.25) is 5.89 Å². The summed E-state index contributed by atoms with van der Waals surface area (Å²) in [6.45, 7) is 0.962. The Morgan fingerprint density at radius 3 is 2.57 bits per heavy atom. The van der Waals surface area contributed by atoms with Gasteiger partial charge in [-0.05, 0) is 31.5 Å². The van der Waals surface area contributed by atoms with Crippen molar-refractivity contribution in [3.8, 4) is 0 Å². The molecule has 2 aromatic rings. The van der Waals surface area contributed by atoms with Crippen molar-refractivity contribution in [2.45, 2.75) is 31.8 Å². The second-order valence-corrected chi connectivity index (χ2v) is 5.79. The molecule has 1 fully saturated rings. The lowest BCUT2D eigenvalue weighted by molar-refractivity contribution is 0.0637. The Kier molecular flexibility index (Phi) is 3.42. The van der Waals surface area contributed by atoms with E-state index in [1.807, 2.05) is 0 Å². The van der Waals surface area contributed by atoms with Crippen molar-refractivity contribution in [2.24, 2.45) is 0 Å². The molecule has 1 aromatic heterocycles. The molecule has 7 heteroatoms. The molecule has 23 heavy (non-hydrogen) atoms. The van der Waals surface area contributed by atoms with Crippen molar-refractivity contribution in [3.05, 3.63) is 47.1 Å². The summed E-state index contributed by atoms with van der Waals surface area (Å²) in [4.78, 5) is 30.2. The molecule has 0 bridgehead atoms. The lowest BCUT2D eigenvalue weighted by Gasteiger charge is -2.19. The van der Waals surface area contributed by atoms with E-state index >= 15 is 0 Å². The molecule has 3 heterocycles. The number of hydrogen-bond acceptors (Lipinski definition) is 6. The van der Waals surface area contributed by atoms with Gasteiger partial charge in [-0.2, -0.15) is 4.98 Å². The van der Waals surface area contributed by atoms with Crippen LogP contribution in [0.15, 0.2) is 28.8 Å². The minimum absolute atomic E-state index is 0.0303. The Labute approximate surface area is 132 Å². The number of imide groups is 1. The van der Waals surface area contributed by atoms with Gasteiger partial charge in [-0.1, -0.05) is 23.7 Å². The van der Waals surface area contributed by atoms with Crippen LogP contribution >= 0.6 is 0 Å². The minimum Gasteiger partial charge on any atom is -0.338 e. The molecule has 0 saturated carbocycles. The molecule has 1 atom stereocenters. The molecule has 118 valence electrons. The van der Waals surface area contributed by atoms with Gasteiger partial charge in [0.05, 0.1) is 23.7 Å². The molecule has 2 aliphatic heterocycles. The van der Waals surface area contributed by atoms with Gasteiger partial charge in [-0.25, -0.2) is 0 Å². The molecule has 1 saturated heterocycles. The Bertz CT molecular complexity index is 729. The van der Waals surface area contributed by atoms with Gasteiger partial charge >= 0.3 is 0 Å². The molecule has 0 spiro atoms. The first-order valence-corrected chi connectivity index (χ1v) is 7.75. The summed E-state index contributed by atoms with van der Waals surface area (Å²) in [7, 11) is 0. The number of amides is 2. The third-order valence-corrected chi connectivity index (χ3v) is 4.27. The number of carbonyl (C=O) groups excluding carboxylic acids is 2. The Balaban J connectivity index is 1.52. The number of aromatic nitrogens is 2. The van der Waals surface area contributed by atoms with E-state index in [0.29, 0.717) is 22.8 Å². The summed E-state index contributed by atoms with van der Waals surface area (Å²) in [5, 5.41) is 7.24. The largest absolute Gasteiger partial charge is 0.338 e. The van der Waals surface area contributed by atoms with Crippen molar-refractivity contribution < 1.29 is 14.1 Å². The SMILES string of the molecule is O=C1c2ccccc2C(=O)N1Cc1noc([C@@H]2CCCCN2)n1. The fourth-order valence-corrected chi connectivity index (χ4v) is 3.06. The maximum absolute atomic E-state index is 12.3. The van der Waals surface area contributed by atoms with Crippen LogP contribution in [-0.4, -0.2) is 33.4 Å². The number of hydrogen-bond donors (Lipinski definition) is 1. The van der Waals surface area contributed by atoms with Gasteiger partial charge in [-0.3, -0.25) is 14.5 Å². The first-order chi connectivity index (χ1) is 11.2. The van der Waals surface area contributed by atoms with Crippen LogP contribution in [0, 0.1) is 0 Å². The topological polar surface area (TPSA) is 88.3 Å². The van der Waals surface area contributed by atoms with Gasteiger partial charge < -0.3 is 9.84 Å². The van der Waals surface area contributed by atoms with E-state index in [1.54, 1.807) is 24.3 Å². The van der Waals surface area contributed by atoms with Crippen LogP contribution in [0.4, 0.5) is 0 Å². The van der Waals surface area contributed by atoms with E-state index in [4.69, 9.17) is 4.52 Å². The number of nitrogens with one attached hydrogen (secondary N) is 1. The van der Waals surface area contributed by atoms with Gasteiger partial charge in [0.15, 0.2) is 5.82 Å². The highest BCUT2D eigenvalue weighted by atomic mass is 16.5. The van der Waals surface area contributed by atoms with Gasteiger partial charge in [0.25, 0.3) is 11.8 Å². The molecule has 1 aromatic carbocycles. The van der Waals surface area contributed by atoms with Crippen molar-refractivity contribution >= 4 is 11.8 Å². The van der Waals surface area contributed by atoms with Crippen LogP contribution < -0.4 is 5.32 Å². The summed E-state index contributed by atoms with van der Waals surface area (Å²) >= 11 is 0. The van der Waals surface area contributed by atoms with Gasteiger partial charge in [-0.15, -0.1) is 0 Å². The maximum atomic E-state index is 12.3. The summed E-state index contributed by atoms with van der Waals surface area (Å²) in [5.41, 5.74) is 0.852. The summed E-state index contributed by atoms with van der Waals surface area (Å²) in [6.07, 6.45) is 3.22. The number of fused-ring (bicyclic) bond motifs is 1. The maximum Gasteiger partial charge on any atom is 0.261 e. The molecule has 1 N–H and O–H groups in total. The fraction of sp³-hybridized carbons (Fsp3) is 0.375. The summed E-state index contributed by atoms with van der Waals surface area (Å²) in [6, 6.07) is 6.86. The number of rotatable bonds is 3. The highest BCUT2D eigenvalue weighted by Gasteiger charge is 2.36. The van der Waals surface area contributed by atoms with E-state index in [-0.39, 0.29) is 24.4 Å². The van der Waals surface area contributed by atoms with Crippen LogP contribution in [0.2, 0.25) is 0 Å². The number of benzene rings is 1. The van der Waals surface area contributed by atoms with Crippen LogP contribution in [0.3, 0.4) is 0 Å². The zero-order valence-corrected chi connectivity index (χ0v) is 12.5. The molecule has 0 radical (unpaired) electrons. The number of nitrogens with zero attached hydrogens (tertiary/aromatic N) is 3. The molecule has 2 aliphatic rings. The average Bonchev–Trinajstić information content (AvgIpc) is 3.16. The molecular weight excluding hydrogens is 296 g/mol. The predicted octanol–water partition coefficient (Wildman–Crippen LogP) is 1.68. The molecule has 0 aliphatic carbocycles. The first-order valence-electron chi connectivity index (χ1n) is 7.75. The van der Waals surface area contributed by atoms with Gasteiger partial charge in [0.1, 0.15) is 0 Å². The lowest BCUT2D eigenvalue weighted by atomic mass is 10.1. The Hall–Kier alpha value is -2.54. The van der Waals surface area contributed by atoms with E-state index in [1.165, 1.54) is 0 Å². The van der Waals surface area contributed by atoms with Crippen LogP contribution in [0.25, 0.3) is 0 Å². The van der Waals surface area contributed by atoms with E-state index in [2.05, 4.69) is 15.5 Å². The highest BCUT2D eigenvalue weighted by molar-refractivity contribution is 6.21. The van der Waals surface area contributed by atoms with Gasteiger partial charge in [0, 0.05) is 0 Å². The van der Waals surface area contributed by atoms with Crippen molar-refractivity contribution in [3.63, 3.8) is 0 Å². The summed E-state index contributed by atoms with van der Waals surface area (Å²) < 4.78 is 5.29. The first kappa shape index (κ1) is 14.1. The van der Waals surface area contributed by atoms with E-state index in [9.17, 15) is 9.59 Å². The number of piperidine rings is 1. The van der Waals surface area contributed by atoms with E-state index < -0.39 is 0 Å². The second kappa shape index (κ2) is 5.58. The zero-order valence-electron chi connectivity index (χ0n) is 12.5. The summed E-state index contributed by atoms with van der Waals surface area (Å²) in [5.74, 6) is 0.249. The standard InChI is InChI=1S/C16H16N4O3/c21-15-10-5-1-2-6-11(10)16(22)20(15)9-13-18-14(23-19-13)12-7-3-4-8-17-12/h1-2,5-6,12,17H,3-4,7-9H2/t12-/m0/s1. The molecule has 0 unspecified atom stereocenters. The average molecular weight is 312 g/mol. The molecule has 2 amide bonds. The third-order valence-electron chi connectivity index (χ3n) is 4.27. The van der Waals surface area contributed by atoms with Crippen LogP contribution in [0.5, 0.6) is 0 Å². The van der Waals surface area contributed by atoms with Crippen LogP contribution in [0.1, 0.15) is 57.7 Å². The number of carbonyl (C=O) groups is 2. The van der Waals surface area contributed by atoms with Crippen molar-refractivity contribution in [1.82, 2.24) is 20.4 Å². The Morgan fingerprint density at radius 2 is 1.91 bits per heavy atom. The predicted molar refractivity (Wildman–Crippen MR) is 79.5 cm³/mol. The second-order valence-electron chi connectivity index (χ2n) is 5.79. The zero-order chi connectivity index (χ0) is 15.8. The monoisotopic (exact) mass is 312 g/mol. The molecule has 4 rings (SSSR count). The fourth-order valence-electron chi connectivity index (χ4n) is 3.06. The van der Waals surface area contributed by atoms with Crippen LogP contribution in [-0.2, 0) is 6.54 Å². The van der Waals surface area contributed by atoms with Crippen molar-refractivity contribution in [2.75, 3.05) is 6.54 Å². The minimum atomic E-state index is -0.312. The quantitative estimate of drug-likeness (QED) is 0.868. The van der Waals surface area contributed by atoms with E-state index in [0.717, 1.165) is 30.7 Å². The Morgan fingerprint density at radius 1 is 1.17 bits per heavy atom. The highest BCUT2D eigenvalue weighted by Crippen LogP contribution is 2.25. The molecule has 7 nitrogen and oxygen atoms in total. The normalized spacial score (nSPS) is 20.9.